The molecular weight excluding hydrogens is 952 g/mol. The van der Waals surface area contributed by atoms with E-state index in [1.807, 2.05) is 33.3 Å². The highest BCUT2D eigenvalue weighted by atomic mass is 31.2. The summed E-state index contributed by atoms with van der Waals surface area (Å²) in [7, 11) is 1.14. The van der Waals surface area contributed by atoms with Gasteiger partial charge in [0.1, 0.15) is 19.3 Å². The van der Waals surface area contributed by atoms with Crippen molar-refractivity contribution in [2.45, 2.75) is 264 Å². The van der Waals surface area contributed by atoms with Crippen LogP contribution in [0.25, 0.3) is 0 Å². The Balaban J connectivity index is 5.19. The molecule has 75 heavy (non-hydrogen) atoms. The molecule has 10 heteroatoms. The van der Waals surface area contributed by atoms with Crippen LogP contribution in [0.2, 0.25) is 0 Å². The molecule has 0 aromatic carbocycles. The van der Waals surface area contributed by atoms with Crippen LogP contribution in [-0.2, 0) is 27.9 Å². The first kappa shape index (κ1) is 71.9. The lowest BCUT2D eigenvalue weighted by molar-refractivity contribution is -0.870. The van der Waals surface area contributed by atoms with Crippen LogP contribution in [0.4, 0.5) is 0 Å². The Morgan fingerprint density at radius 2 is 0.867 bits per heavy atom. The highest BCUT2D eigenvalue weighted by molar-refractivity contribution is 7.45. The summed E-state index contributed by atoms with van der Waals surface area (Å²) in [5.74, 6) is -0.631. The van der Waals surface area contributed by atoms with Gasteiger partial charge in [-0.05, 0) is 96.0 Å². The van der Waals surface area contributed by atoms with Crippen LogP contribution in [0.3, 0.4) is 0 Å². The Morgan fingerprint density at radius 1 is 0.480 bits per heavy atom. The Bertz CT molecular complexity index is 1610. The predicted octanol–water partition coefficient (Wildman–Crippen LogP) is 18.1. The van der Waals surface area contributed by atoms with Gasteiger partial charge >= 0.3 is 5.97 Å². The number of nitrogens with zero attached hydrogens (tertiary/aromatic N) is 1. The number of carbonyl (C=O) groups excluding carboxylic acids is 2. The molecular formula is C65H115N2O7P. The molecule has 0 aromatic rings. The van der Waals surface area contributed by atoms with E-state index in [0.717, 1.165) is 96.3 Å². The molecule has 3 atom stereocenters. The fourth-order valence-corrected chi connectivity index (χ4v) is 9.03. The van der Waals surface area contributed by atoms with Crippen molar-refractivity contribution in [2.24, 2.45) is 0 Å². The minimum Gasteiger partial charge on any atom is -0.756 e. The van der Waals surface area contributed by atoms with Crippen molar-refractivity contribution in [3.63, 3.8) is 0 Å². The van der Waals surface area contributed by atoms with Gasteiger partial charge in [-0.3, -0.25) is 14.2 Å². The second-order valence-electron chi connectivity index (χ2n) is 21.5. The van der Waals surface area contributed by atoms with Gasteiger partial charge in [-0.2, -0.15) is 0 Å². The summed E-state index contributed by atoms with van der Waals surface area (Å²) in [6.07, 6.45) is 72.5. The Hall–Kier alpha value is -3.07. The molecule has 0 heterocycles. The van der Waals surface area contributed by atoms with Gasteiger partial charge in [0, 0.05) is 12.8 Å². The van der Waals surface area contributed by atoms with E-state index in [4.69, 9.17) is 13.8 Å². The zero-order valence-electron chi connectivity index (χ0n) is 49.2. The van der Waals surface area contributed by atoms with Gasteiger partial charge in [0.2, 0.25) is 5.91 Å². The van der Waals surface area contributed by atoms with Crippen LogP contribution in [0.1, 0.15) is 252 Å². The van der Waals surface area contributed by atoms with Crippen LogP contribution in [-0.4, -0.2) is 69.4 Å². The molecule has 1 amide bonds. The van der Waals surface area contributed by atoms with Gasteiger partial charge in [-0.25, -0.2) is 0 Å². The third-order valence-electron chi connectivity index (χ3n) is 13.0. The van der Waals surface area contributed by atoms with E-state index < -0.39 is 32.5 Å². The third kappa shape index (κ3) is 55.5. The summed E-state index contributed by atoms with van der Waals surface area (Å²) in [6, 6.07) is -0.918. The molecule has 0 aliphatic heterocycles. The summed E-state index contributed by atoms with van der Waals surface area (Å²) in [4.78, 5) is 39.8. The minimum atomic E-state index is -4.71. The first-order valence-electron chi connectivity index (χ1n) is 30.5. The minimum absolute atomic E-state index is 0.0351. The molecule has 9 nitrogen and oxygen atoms in total. The smallest absolute Gasteiger partial charge is 0.306 e. The van der Waals surface area contributed by atoms with E-state index >= 15 is 0 Å². The van der Waals surface area contributed by atoms with Crippen molar-refractivity contribution in [3.8, 4) is 0 Å². The number of esters is 1. The molecule has 0 saturated heterocycles. The number of hydrogen-bond acceptors (Lipinski definition) is 7. The van der Waals surface area contributed by atoms with Crippen LogP contribution in [0.15, 0.2) is 97.2 Å². The fourth-order valence-electron chi connectivity index (χ4n) is 8.31. The van der Waals surface area contributed by atoms with E-state index in [1.165, 1.54) is 116 Å². The largest absolute Gasteiger partial charge is 0.756 e. The number of amides is 1. The first-order valence-corrected chi connectivity index (χ1v) is 32.0. The molecule has 0 saturated carbocycles. The second kappa shape index (κ2) is 54.3. The maximum absolute atomic E-state index is 13.5. The highest BCUT2D eigenvalue weighted by Crippen LogP contribution is 2.38. The van der Waals surface area contributed by atoms with Crippen LogP contribution in [0.5, 0.6) is 0 Å². The molecule has 3 unspecified atom stereocenters. The summed E-state index contributed by atoms with van der Waals surface area (Å²) in [5, 5.41) is 3.00. The Morgan fingerprint density at radius 3 is 1.31 bits per heavy atom. The number of rotatable bonds is 54. The maximum Gasteiger partial charge on any atom is 0.306 e. The molecule has 0 bridgehead atoms. The third-order valence-corrected chi connectivity index (χ3v) is 14.0. The Kier molecular flexibility index (Phi) is 52.1. The molecule has 0 rings (SSSR count). The average Bonchev–Trinajstić information content (AvgIpc) is 3.37. The van der Waals surface area contributed by atoms with Crippen LogP contribution >= 0.6 is 7.82 Å². The quantitative estimate of drug-likeness (QED) is 0.0212. The van der Waals surface area contributed by atoms with Gasteiger partial charge in [-0.1, -0.05) is 240 Å². The van der Waals surface area contributed by atoms with Gasteiger partial charge in [0.15, 0.2) is 0 Å². The number of likely N-dealkylation sites (N-methyl/N-ethyl adjacent to an activating group) is 1. The summed E-state index contributed by atoms with van der Waals surface area (Å²) in [5.41, 5.74) is 0. The molecule has 432 valence electrons. The van der Waals surface area contributed by atoms with Crippen molar-refractivity contribution in [1.82, 2.24) is 5.32 Å². The van der Waals surface area contributed by atoms with Gasteiger partial charge in [-0.15, -0.1) is 0 Å². The zero-order valence-corrected chi connectivity index (χ0v) is 50.1. The van der Waals surface area contributed by atoms with Crippen LogP contribution in [0, 0.1) is 0 Å². The van der Waals surface area contributed by atoms with Crippen LogP contribution < -0.4 is 10.2 Å². The predicted molar refractivity (Wildman–Crippen MR) is 321 cm³/mol. The number of phosphoric ester groups is 1. The number of unbranched alkanes of at least 4 members (excludes halogenated alkanes) is 24. The van der Waals surface area contributed by atoms with Crippen molar-refractivity contribution >= 4 is 19.7 Å². The van der Waals surface area contributed by atoms with Crippen molar-refractivity contribution in [3.05, 3.63) is 97.2 Å². The van der Waals surface area contributed by atoms with Gasteiger partial charge in [0.25, 0.3) is 7.82 Å². The van der Waals surface area contributed by atoms with Crippen molar-refractivity contribution < 1.29 is 37.3 Å². The lowest BCUT2D eigenvalue weighted by Crippen LogP contribution is -2.47. The molecule has 0 aromatic heterocycles. The van der Waals surface area contributed by atoms with E-state index in [-0.39, 0.29) is 18.9 Å². The van der Waals surface area contributed by atoms with Crippen molar-refractivity contribution in [2.75, 3.05) is 40.9 Å². The topological polar surface area (TPSA) is 114 Å². The van der Waals surface area contributed by atoms with E-state index in [1.54, 1.807) is 6.08 Å². The number of nitrogens with one attached hydrogen (secondary N) is 1. The average molecular weight is 1070 g/mol. The molecule has 0 aliphatic rings. The fraction of sp³-hybridized carbons (Fsp3) is 0.723. The molecule has 0 radical (unpaired) electrons. The lowest BCUT2D eigenvalue weighted by atomic mass is 10.0. The van der Waals surface area contributed by atoms with E-state index in [9.17, 15) is 19.0 Å². The first-order chi connectivity index (χ1) is 36.4. The summed E-state index contributed by atoms with van der Waals surface area (Å²) >= 11 is 0. The number of carbonyl (C=O) groups is 2. The van der Waals surface area contributed by atoms with E-state index in [0.29, 0.717) is 23.9 Å². The number of quaternary nitrogens is 1. The maximum atomic E-state index is 13.5. The molecule has 1 N–H and O–H groups in total. The number of allylic oxidation sites excluding steroid dienone is 15. The van der Waals surface area contributed by atoms with Gasteiger partial charge in [0.05, 0.1) is 33.8 Å². The number of phosphoric acid groups is 1. The molecule has 0 aliphatic carbocycles. The standard InChI is InChI=1S/C65H115N2O7P/c1-7-10-13-16-19-22-25-27-28-29-30-31-32-33-34-35-36-37-38-40-42-45-48-51-54-57-64(68)66-62(61-73-75(70,71)72-60-59-67(4,5)6)63(56-53-50-47-44-41-24-21-18-15-12-9-3)74-65(69)58-55-52-49-46-43-39-26-23-20-17-14-11-8-2/h10,13,19,22,27-28,30-31,33-34,39,43,49,52-53,56,62-63H,7-9,11-12,14-18,20-21,23-26,29,32,35-38,40-42,44-48,50-51,54-55,57-61H2,1-6H3,(H-,66,68,70,71)/b13-10-,22-19-,28-27-,31-30-,34-33-,43-39-,52-49+,56-53-. The SMILES string of the molecule is CC/C=C\C/C=C\C/C=C\C/C=C\C/C=C\CCCCCCCCCCCC(=O)NC(COP(=O)([O-])OCC[N+](C)(C)C)C(/C=C\CCCCCCCCCCC)OC(=O)CC/C=C/C/C=C\CCCCCCCC. The second-order valence-corrected chi connectivity index (χ2v) is 22.9. The summed E-state index contributed by atoms with van der Waals surface area (Å²) in [6.45, 7) is 6.66. The molecule has 0 spiro atoms. The van der Waals surface area contributed by atoms with E-state index in [2.05, 4.69) is 105 Å². The number of ether oxygens (including phenoxy) is 1. The summed E-state index contributed by atoms with van der Waals surface area (Å²) < 4.78 is 30.2. The zero-order chi connectivity index (χ0) is 55.0. The van der Waals surface area contributed by atoms with Gasteiger partial charge < -0.3 is 28.5 Å². The monoisotopic (exact) mass is 1070 g/mol. The van der Waals surface area contributed by atoms with Crippen molar-refractivity contribution in [1.29, 1.82) is 0 Å². The highest BCUT2D eigenvalue weighted by Gasteiger charge is 2.27. The Labute approximate surface area is 462 Å². The normalized spacial score (nSPS) is 14.4. The molecule has 0 fully saturated rings. The lowest BCUT2D eigenvalue weighted by Gasteiger charge is -2.30. The number of hydrogen-bond donors (Lipinski definition) is 1.